The molecular weight excluding hydrogens is 615 g/mol. The molecule has 0 spiro atoms. The second-order valence-electron chi connectivity index (χ2n) is 12.0. The molecule has 6 rings (SSSR count). The van der Waals surface area contributed by atoms with E-state index in [0.717, 1.165) is 76.5 Å². The summed E-state index contributed by atoms with van der Waals surface area (Å²) < 4.78 is 0. The standard InChI is InChI=1S/C16H25N5O.C10H19N3O.C4H2Cl2N2.CH4/c1-11(2)13-7-15(19-10-18-13)20-8-12(17)14(9-20)21-6-4-3-5-16(21)22;1-11-8-6-12-7-9(8)13-5-3-2-4-10(13)14;5-3-1-4(6)8-2-7-3;/h7,10-12,14H,3-6,8-9,17H2,1-2H3;8-9,11-12H,2-7H2,1H3;1-2H;1H4/t12-,14-;8-,9-;;/m00../s1. The number of hydrogen-bond donors (Lipinski definition) is 3. The SMILES string of the molecule is C.CC(C)c1cc(N2C[C@H](N)[C@@H](N3CCCCC3=O)C2)ncn1.CN[C@H]1CNC[C@@H]1N1CCCCC1=O.Clc1cc(Cl)ncn1. The number of nitrogens with zero attached hydrogens (tertiary/aromatic N) is 7. The van der Waals surface area contributed by atoms with E-state index in [2.05, 4.69) is 54.2 Å². The van der Waals surface area contributed by atoms with Crippen molar-refractivity contribution in [2.75, 3.05) is 51.2 Å². The number of hydrogen-bond acceptors (Lipinski definition) is 10. The predicted molar refractivity (Wildman–Crippen MR) is 180 cm³/mol. The zero-order valence-corrected chi connectivity index (χ0v) is 27.5. The lowest BCUT2D eigenvalue weighted by atomic mass is 10.0. The normalized spacial score (nSPS) is 24.9. The highest BCUT2D eigenvalue weighted by Crippen LogP contribution is 2.25. The predicted octanol–water partition coefficient (Wildman–Crippen LogP) is 3.11. The van der Waals surface area contributed by atoms with Crippen LogP contribution >= 0.6 is 23.2 Å². The minimum absolute atomic E-state index is 0. The first-order valence-electron chi connectivity index (χ1n) is 15.6. The average molecular weight is 666 g/mol. The molecule has 14 heteroatoms. The van der Waals surface area contributed by atoms with Gasteiger partial charge in [-0.15, -0.1) is 0 Å². The van der Waals surface area contributed by atoms with E-state index >= 15 is 0 Å². The van der Waals surface area contributed by atoms with E-state index in [-0.39, 0.29) is 25.4 Å². The molecule has 0 aromatic carbocycles. The van der Waals surface area contributed by atoms with Crippen LogP contribution < -0.4 is 21.3 Å². The molecule has 0 unspecified atom stereocenters. The molecule has 0 bridgehead atoms. The van der Waals surface area contributed by atoms with Crippen LogP contribution in [0.2, 0.25) is 10.3 Å². The first-order chi connectivity index (χ1) is 21.2. The number of rotatable bonds is 5. The van der Waals surface area contributed by atoms with Crippen molar-refractivity contribution >= 4 is 40.8 Å². The molecule has 4 aliphatic heterocycles. The molecule has 4 aliphatic rings. The van der Waals surface area contributed by atoms with Crippen LogP contribution in [0.5, 0.6) is 0 Å². The summed E-state index contributed by atoms with van der Waals surface area (Å²) >= 11 is 10.8. The topological polar surface area (TPSA) is 146 Å². The van der Waals surface area contributed by atoms with E-state index in [1.807, 2.05) is 18.0 Å². The van der Waals surface area contributed by atoms with Crippen LogP contribution in [-0.2, 0) is 9.59 Å². The Morgan fingerprint density at radius 3 is 2.00 bits per heavy atom. The molecule has 2 aromatic heterocycles. The lowest BCUT2D eigenvalue weighted by Crippen LogP contribution is -2.52. The summed E-state index contributed by atoms with van der Waals surface area (Å²) in [5.41, 5.74) is 7.36. The number of halogens is 2. The van der Waals surface area contributed by atoms with Gasteiger partial charge in [-0.1, -0.05) is 44.5 Å². The molecule has 0 aliphatic carbocycles. The number of likely N-dealkylation sites (N-methyl/N-ethyl adjacent to an activating group) is 1. The largest absolute Gasteiger partial charge is 0.353 e. The van der Waals surface area contributed by atoms with Gasteiger partial charge in [0.25, 0.3) is 0 Å². The highest BCUT2D eigenvalue weighted by atomic mass is 35.5. The molecule has 2 amide bonds. The third-order valence-corrected chi connectivity index (χ3v) is 9.01. The maximum Gasteiger partial charge on any atom is 0.222 e. The molecule has 45 heavy (non-hydrogen) atoms. The van der Waals surface area contributed by atoms with Crippen LogP contribution in [0, 0.1) is 0 Å². The van der Waals surface area contributed by atoms with Crippen molar-refractivity contribution in [1.29, 1.82) is 0 Å². The van der Waals surface area contributed by atoms with Crippen LogP contribution in [0.1, 0.15) is 71.4 Å². The molecular formula is C31H50Cl2N10O2. The third-order valence-electron chi connectivity index (χ3n) is 8.60. The van der Waals surface area contributed by atoms with Gasteiger partial charge in [0.1, 0.15) is 28.8 Å². The maximum absolute atomic E-state index is 12.1. The Labute approximate surface area is 277 Å². The van der Waals surface area contributed by atoms with Gasteiger partial charge in [-0.3, -0.25) is 9.59 Å². The molecule has 4 atom stereocenters. The van der Waals surface area contributed by atoms with E-state index < -0.39 is 0 Å². The molecule has 2 aromatic rings. The zero-order valence-electron chi connectivity index (χ0n) is 26.0. The first-order valence-corrected chi connectivity index (χ1v) is 16.4. The minimum Gasteiger partial charge on any atom is -0.353 e. The number of aromatic nitrogens is 4. The number of likely N-dealkylation sites (tertiary alicyclic amines) is 2. The first kappa shape index (κ1) is 36.8. The summed E-state index contributed by atoms with van der Waals surface area (Å²) in [6.07, 6.45) is 8.66. The fourth-order valence-corrected chi connectivity index (χ4v) is 6.48. The van der Waals surface area contributed by atoms with E-state index in [4.69, 9.17) is 28.9 Å². The van der Waals surface area contributed by atoms with Crippen LogP contribution in [0.15, 0.2) is 24.8 Å². The summed E-state index contributed by atoms with van der Waals surface area (Å²) in [5, 5.41) is 7.34. The second-order valence-corrected chi connectivity index (χ2v) is 12.7. The Balaban J connectivity index is 0.000000205. The lowest BCUT2D eigenvalue weighted by molar-refractivity contribution is -0.136. The quantitative estimate of drug-likeness (QED) is 0.408. The summed E-state index contributed by atoms with van der Waals surface area (Å²) in [5.74, 6) is 1.88. The lowest BCUT2D eigenvalue weighted by Gasteiger charge is -2.35. The Kier molecular flexibility index (Phi) is 14.6. The van der Waals surface area contributed by atoms with Crippen LogP contribution in [0.25, 0.3) is 0 Å². The fourth-order valence-electron chi connectivity index (χ4n) is 6.13. The highest BCUT2D eigenvalue weighted by Gasteiger charge is 2.38. The molecule has 4 fully saturated rings. The maximum atomic E-state index is 12.1. The molecule has 6 heterocycles. The molecule has 4 saturated heterocycles. The average Bonchev–Trinajstić information content (AvgIpc) is 3.65. The zero-order chi connectivity index (χ0) is 31.6. The summed E-state index contributed by atoms with van der Waals surface area (Å²) in [6.45, 7) is 9.45. The number of nitrogens with two attached hydrogens (primary N) is 1. The molecule has 12 nitrogen and oxygen atoms in total. The third kappa shape index (κ3) is 10.2. The van der Waals surface area contributed by atoms with Crippen molar-refractivity contribution in [2.24, 2.45) is 5.73 Å². The summed E-state index contributed by atoms with van der Waals surface area (Å²) in [4.78, 5) is 46.0. The van der Waals surface area contributed by atoms with Gasteiger partial charge in [0.05, 0.1) is 12.1 Å². The number of anilines is 1. The van der Waals surface area contributed by atoms with Gasteiger partial charge in [0, 0.05) is 82.0 Å². The Morgan fingerprint density at radius 2 is 1.47 bits per heavy atom. The number of amides is 2. The second kappa shape index (κ2) is 17.9. The summed E-state index contributed by atoms with van der Waals surface area (Å²) in [7, 11) is 1.97. The monoisotopic (exact) mass is 664 g/mol. The van der Waals surface area contributed by atoms with Crippen molar-refractivity contribution in [3.8, 4) is 0 Å². The molecule has 250 valence electrons. The van der Waals surface area contributed by atoms with E-state index in [1.54, 1.807) is 6.33 Å². The summed E-state index contributed by atoms with van der Waals surface area (Å²) in [6, 6.07) is 4.40. The Bertz CT molecular complexity index is 1220. The van der Waals surface area contributed by atoms with Crippen LogP contribution in [0.3, 0.4) is 0 Å². The number of carbonyl (C=O) groups excluding carboxylic acids is 2. The highest BCUT2D eigenvalue weighted by molar-refractivity contribution is 6.33. The van der Waals surface area contributed by atoms with Gasteiger partial charge >= 0.3 is 0 Å². The molecule has 4 N–H and O–H groups in total. The van der Waals surface area contributed by atoms with Crippen molar-refractivity contribution in [3.05, 3.63) is 40.8 Å². The molecule has 0 saturated carbocycles. The van der Waals surface area contributed by atoms with Crippen molar-refractivity contribution in [1.82, 2.24) is 40.4 Å². The fraction of sp³-hybridized carbons (Fsp3) is 0.677. The van der Waals surface area contributed by atoms with Gasteiger partial charge in [-0.25, -0.2) is 19.9 Å². The van der Waals surface area contributed by atoms with E-state index in [9.17, 15) is 9.59 Å². The van der Waals surface area contributed by atoms with Gasteiger partial charge in [-0.05, 0) is 38.6 Å². The van der Waals surface area contributed by atoms with E-state index in [0.29, 0.717) is 40.6 Å². The molecule has 0 radical (unpaired) electrons. The van der Waals surface area contributed by atoms with Crippen LogP contribution in [0.4, 0.5) is 5.82 Å². The van der Waals surface area contributed by atoms with Crippen molar-refractivity contribution in [3.63, 3.8) is 0 Å². The Morgan fingerprint density at radius 1 is 0.867 bits per heavy atom. The van der Waals surface area contributed by atoms with E-state index in [1.165, 1.54) is 18.8 Å². The van der Waals surface area contributed by atoms with Crippen molar-refractivity contribution < 1.29 is 9.59 Å². The van der Waals surface area contributed by atoms with Crippen LogP contribution in [-0.4, -0.2) is 112 Å². The number of piperidine rings is 2. The van der Waals surface area contributed by atoms with Crippen molar-refractivity contribution in [2.45, 2.75) is 89.9 Å². The van der Waals surface area contributed by atoms with Gasteiger partial charge in [-0.2, -0.15) is 0 Å². The van der Waals surface area contributed by atoms with Gasteiger partial charge in [0.2, 0.25) is 11.8 Å². The number of carbonyl (C=O) groups is 2. The minimum atomic E-state index is -0.0143. The number of nitrogens with one attached hydrogen (secondary N) is 2. The van der Waals surface area contributed by atoms with Gasteiger partial charge in [0.15, 0.2) is 0 Å². The Hall–Kier alpha value is -2.64. The van der Waals surface area contributed by atoms with Gasteiger partial charge < -0.3 is 31.1 Å². The smallest absolute Gasteiger partial charge is 0.222 e.